The number of ether oxygens (including phenoxy) is 2. The zero-order valence-corrected chi connectivity index (χ0v) is 8.90. The average molecular weight is 205 g/mol. The summed E-state index contributed by atoms with van der Waals surface area (Å²) in [5, 5.41) is 8.59. The average Bonchev–Trinajstić information content (AvgIpc) is 2.30. The normalized spacial score (nSPS) is 9.60. The first-order valence-electron chi connectivity index (χ1n) is 5.07. The zero-order valence-electron chi connectivity index (χ0n) is 8.90. The van der Waals surface area contributed by atoms with Gasteiger partial charge in [-0.3, -0.25) is 0 Å². The molecule has 0 N–H and O–H groups in total. The molecule has 0 radical (unpaired) electrons. The van der Waals surface area contributed by atoms with Crippen LogP contribution in [0, 0.1) is 11.3 Å². The van der Waals surface area contributed by atoms with E-state index in [-0.39, 0.29) is 0 Å². The quantitative estimate of drug-likeness (QED) is 0.669. The molecule has 0 aliphatic heterocycles. The molecule has 0 amide bonds. The van der Waals surface area contributed by atoms with Gasteiger partial charge >= 0.3 is 0 Å². The van der Waals surface area contributed by atoms with Crippen molar-refractivity contribution in [1.29, 1.82) is 5.26 Å². The fraction of sp³-hybridized carbons (Fsp3) is 0.417. The van der Waals surface area contributed by atoms with Crippen LogP contribution in [0.15, 0.2) is 24.3 Å². The molecule has 0 aliphatic carbocycles. The van der Waals surface area contributed by atoms with Crippen LogP contribution in [0.25, 0.3) is 0 Å². The summed E-state index contributed by atoms with van der Waals surface area (Å²) in [5.41, 5.74) is 0.650. The van der Waals surface area contributed by atoms with E-state index >= 15 is 0 Å². The Labute approximate surface area is 90.2 Å². The third-order valence-electron chi connectivity index (χ3n) is 1.89. The van der Waals surface area contributed by atoms with E-state index in [1.54, 1.807) is 24.3 Å². The third kappa shape index (κ3) is 4.48. The Bertz CT molecular complexity index is 313. The van der Waals surface area contributed by atoms with E-state index in [1.807, 2.05) is 6.92 Å². The first kappa shape index (κ1) is 11.5. The van der Waals surface area contributed by atoms with Crippen LogP contribution >= 0.6 is 0 Å². The van der Waals surface area contributed by atoms with Crippen molar-refractivity contribution in [3.8, 4) is 11.8 Å². The second kappa shape index (κ2) is 6.86. The Morgan fingerprint density at radius 1 is 1.20 bits per heavy atom. The first-order chi connectivity index (χ1) is 7.36. The lowest BCUT2D eigenvalue weighted by Crippen LogP contribution is -2.02. The molecule has 0 bridgehead atoms. The summed E-state index contributed by atoms with van der Waals surface area (Å²) < 4.78 is 10.6. The van der Waals surface area contributed by atoms with Crippen LogP contribution in [-0.2, 0) is 4.74 Å². The molecule has 80 valence electrons. The van der Waals surface area contributed by atoms with Crippen LogP contribution in [0.1, 0.15) is 18.9 Å². The van der Waals surface area contributed by atoms with E-state index in [9.17, 15) is 0 Å². The largest absolute Gasteiger partial charge is 0.494 e. The van der Waals surface area contributed by atoms with Gasteiger partial charge < -0.3 is 9.47 Å². The van der Waals surface area contributed by atoms with E-state index in [4.69, 9.17) is 14.7 Å². The van der Waals surface area contributed by atoms with Crippen molar-refractivity contribution in [3.05, 3.63) is 29.8 Å². The molecule has 1 rings (SSSR count). The molecule has 0 atom stereocenters. The topological polar surface area (TPSA) is 42.2 Å². The van der Waals surface area contributed by atoms with Gasteiger partial charge in [0.1, 0.15) is 5.75 Å². The molecular weight excluding hydrogens is 190 g/mol. The second-order valence-electron chi connectivity index (χ2n) is 3.04. The fourth-order valence-electron chi connectivity index (χ4n) is 1.12. The number of hydrogen-bond donors (Lipinski definition) is 0. The SMILES string of the molecule is CCOCCCOc1ccc(C#N)cc1. The Kier molecular flexibility index (Phi) is 5.28. The Morgan fingerprint density at radius 3 is 2.53 bits per heavy atom. The maximum atomic E-state index is 8.59. The van der Waals surface area contributed by atoms with Gasteiger partial charge in [0.05, 0.1) is 18.2 Å². The summed E-state index contributed by atoms with van der Waals surface area (Å²) in [6, 6.07) is 9.17. The first-order valence-corrected chi connectivity index (χ1v) is 5.07. The molecule has 0 aliphatic rings. The smallest absolute Gasteiger partial charge is 0.119 e. The predicted octanol–water partition coefficient (Wildman–Crippen LogP) is 2.36. The zero-order chi connectivity index (χ0) is 10.9. The summed E-state index contributed by atoms with van der Waals surface area (Å²) in [7, 11) is 0. The molecule has 0 fully saturated rings. The number of nitriles is 1. The van der Waals surface area contributed by atoms with Crippen LogP contribution < -0.4 is 4.74 Å². The second-order valence-corrected chi connectivity index (χ2v) is 3.04. The van der Waals surface area contributed by atoms with E-state index in [0.717, 1.165) is 25.4 Å². The summed E-state index contributed by atoms with van der Waals surface area (Å²) >= 11 is 0. The minimum Gasteiger partial charge on any atom is -0.494 e. The molecule has 0 saturated heterocycles. The van der Waals surface area contributed by atoms with E-state index < -0.39 is 0 Å². The highest BCUT2D eigenvalue weighted by Crippen LogP contribution is 2.11. The van der Waals surface area contributed by atoms with Gasteiger partial charge in [0.25, 0.3) is 0 Å². The molecule has 0 heterocycles. The molecule has 3 heteroatoms. The highest BCUT2D eigenvalue weighted by atomic mass is 16.5. The molecule has 1 aromatic rings. The molecule has 3 nitrogen and oxygen atoms in total. The van der Waals surface area contributed by atoms with Gasteiger partial charge in [0, 0.05) is 19.6 Å². The summed E-state index contributed by atoms with van der Waals surface area (Å²) in [6.07, 6.45) is 0.883. The van der Waals surface area contributed by atoms with Gasteiger partial charge in [-0.05, 0) is 31.2 Å². The lowest BCUT2D eigenvalue weighted by Gasteiger charge is -2.05. The van der Waals surface area contributed by atoms with Crippen molar-refractivity contribution in [2.24, 2.45) is 0 Å². The van der Waals surface area contributed by atoms with E-state index in [1.165, 1.54) is 0 Å². The van der Waals surface area contributed by atoms with E-state index in [0.29, 0.717) is 12.2 Å². The van der Waals surface area contributed by atoms with Crippen LogP contribution in [0.2, 0.25) is 0 Å². The highest BCUT2D eigenvalue weighted by Gasteiger charge is 1.94. The van der Waals surface area contributed by atoms with Crippen molar-refractivity contribution in [2.45, 2.75) is 13.3 Å². The van der Waals surface area contributed by atoms with Gasteiger partial charge in [-0.1, -0.05) is 0 Å². The highest BCUT2D eigenvalue weighted by molar-refractivity contribution is 5.34. The van der Waals surface area contributed by atoms with Gasteiger partial charge in [-0.25, -0.2) is 0 Å². The molecule has 0 aromatic heterocycles. The molecule has 0 unspecified atom stereocenters. The van der Waals surface area contributed by atoms with Crippen LogP contribution in [0.4, 0.5) is 0 Å². The van der Waals surface area contributed by atoms with Crippen molar-refractivity contribution >= 4 is 0 Å². The maximum Gasteiger partial charge on any atom is 0.119 e. The Hall–Kier alpha value is -1.53. The van der Waals surface area contributed by atoms with Gasteiger partial charge in [0.15, 0.2) is 0 Å². The number of benzene rings is 1. The predicted molar refractivity (Wildman–Crippen MR) is 57.8 cm³/mol. The molecule has 0 saturated carbocycles. The minimum absolute atomic E-state index is 0.645. The van der Waals surface area contributed by atoms with Crippen LogP contribution in [0.5, 0.6) is 5.75 Å². The Balaban J connectivity index is 2.23. The lowest BCUT2D eigenvalue weighted by molar-refractivity contribution is 0.131. The monoisotopic (exact) mass is 205 g/mol. The van der Waals surface area contributed by atoms with Crippen molar-refractivity contribution < 1.29 is 9.47 Å². The molecule has 0 spiro atoms. The van der Waals surface area contributed by atoms with Gasteiger partial charge in [-0.2, -0.15) is 5.26 Å². The van der Waals surface area contributed by atoms with Crippen molar-refractivity contribution in [1.82, 2.24) is 0 Å². The maximum absolute atomic E-state index is 8.59. The third-order valence-corrected chi connectivity index (χ3v) is 1.89. The summed E-state index contributed by atoms with van der Waals surface area (Å²) in [6.45, 7) is 4.09. The van der Waals surface area contributed by atoms with Crippen LogP contribution in [-0.4, -0.2) is 19.8 Å². The molecular formula is C12H15NO2. The van der Waals surface area contributed by atoms with Gasteiger partial charge in [-0.15, -0.1) is 0 Å². The standard InChI is InChI=1S/C12H15NO2/c1-2-14-8-3-9-15-12-6-4-11(10-13)5-7-12/h4-7H,2-3,8-9H2,1H3. The summed E-state index contributed by atoms with van der Waals surface area (Å²) in [5.74, 6) is 0.797. The van der Waals surface area contributed by atoms with Crippen molar-refractivity contribution in [2.75, 3.05) is 19.8 Å². The summed E-state index contributed by atoms with van der Waals surface area (Å²) in [4.78, 5) is 0. The van der Waals surface area contributed by atoms with Crippen LogP contribution in [0.3, 0.4) is 0 Å². The van der Waals surface area contributed by atoms with E-state index in [2.05, 4.69) is 6.07 Å². The lowest BCUT2D eigenvalue weighted by atomic mass is 10.2. The Morgan fingerprint density at radius 2 is 1.93 bits per heavy atom. The fourth-order valence-corrected chi connectivity index (χ4v) is 1.12. The number of rotatable bonds is 6. The van der Waals surface area contributed by atoms with Crippen molar-refractivity contribution in [3.63, 3.8) is 0 Å². The molecule has 1 aromatic carbocycles. The minimum atomic E-state index is 0.645. The number of hydrogen-bond acceptors (Lipinski definition) is 3. The molecule has 15 heavy (non-hydrogen) atoms. The van der Waals surface area contributed by atoms with Gasteiger partial charge in [0.2, 0.25) is 0 Å². The number of nitrogens with zero attached hydrogens (tertiary/aromatic N) is 1.